The minimum atomic E-state index is 0.528. The van der Waals surface area contributed by atoms with Crippen LogP contribution in [0.25, 0.3) is 11.0 Å². The maximum Gasteiger partial charge on any atom is 0.201 e. The summed E-state index contributed by atoms with van der Waals surface area (Å²) < 4.78 is 4.03. The molecule has 0 radical (unpaired) electrons. The fourth-order valence-electron chi connectivity index (χ4n) is 2.63. The topological polar surface area (TPSA) is 61.7 Å². The summed E-state index contributed by atoms with van der Waals surface area (Å²) in [4.78, 5) is 4.36. The van der Waals surface area contributed by atoms with Gasteiger partial charge in [-0.1, -0.05) is 11.6 Å². The Kier molecular flexibility index (Phi) is 3.59. The van der Waals surface area contributed by atoms with Crippen molar-refractivity contribution in [3.05, 3.63) is 40.7 Å². The van der Waals surface area contributed by atoms with Crippen LogP contribution in [0.3, 0.4) is 0 Å². The molecule has 0 fully saturated rings. The van der Waals surface area contributed by atoms with E-state index in [0.29, 0.717) is 11.0 Å². The fraction of sp³-hybridized carbons (Fsp3) is 0.333. The number of nitrogens with two attached hydrogens (primary N) is 1. The highest BCUT2D eigenvalue weighted by molar-refractivity contribution is 6.31. The number of aryl methyl sites for hydroxylation is 4. The summed E-state index contributed by atoms with van der Waals surface area (Å²) in [5.41, 5.74) is 10.1. The number of anilines is 1. The molecule has 3 rings (SSSR count). The lowest BCUT2D eigenvalue weighted by atomic mass is 10.3. The number of halogens is 1. The number of benzene rings is 1. The molecule has 21 heavy (non-hydrogen) atoms. The van der Waals surface area contributed by atoms with E-state index in [1.54, 1.807) is 0 Å². The fourth-order valence-corrected chi connectivity index (χ4v) is 2.80. The summed E-state index contributed by atoms with van der Waals surface area (Å²) in [6.07, 6.45) is 0.935. The molecule has 0 aliphatic heterocycles. The normalized spacial score (nSPS) is 11.4. The Bertz CT molecular complexity index is 787. The van der Waals surface area contributed by atoms with Gasteiger partial charge in [0.05, 0.1) is 16.7 Å². The third kappa shape index (κ3) is 2.74. The van der Waals surface area contributed by atoms with E-state index in [1.807, 2.05) is 34.4 Å². The molecule has 5 nitrogen and oxygen atoms in total. The summed E-state index contributed by atoms with van der Waals surface area (Å²) >= 11 is 6.06. The second kappa shape index (κ2) is 5.41. The number of fused-ring (bicyclic) bond motifs is 1. The van der Waals surface area contributed by atoms with Gasteiger partial charge in [0.1, 0.15) is 0 Å². The zero-order valence-electron chi connectivity index (χ0n) is 12.2. The average molecular weight is 304 g/mol. The first kappa shape index (κ1) is 13.9. The summed E-state index contributed by atoms with van der Waals surface area (Å²) in [5, 5.41) is 5.16. The molecule has 0 bridgehead atoms. The molecule has 0 aliphatic rings. The number of aromatic nitrogens is 4. The van der Waals surface area contributed by atoms with Crippen molar-refractivity contribution in [3.63, 3.8) is 0 Å². The van der Waals surface area contributed by atoms with Crippen molar-refractivity contribution in [1.82, 2.24) is 19.3 Å². The van der Waals surface area contributed by atoms with Crippen molar-refractivity contribution < 1.29 is 0 Å². The van der Waals surface area contributed by atoms with Crippen LogP contribution in [0.15, 0.2) is 24.3 Å². The average Bonchev–Trinajstić information content (AvgIpc) is 2.90. The summed E-state index contributed by atoms with van der Waals surface area (Å²) in [6.45, 7) is 5.73. The molecule has 2 N–H and O–H groups in total. The lowest BCUT2D eigenvalue weighted by Crippen LogP contribution is -2.08. The predicted molar refractivity (Wildman–Crippen MR) is 85.5 cm³/mol. The maximum absolute atomic E-state index is 6.06. The quantitative estimate of drug-likeness (QED) is 0.805. The van der Waals surface area contributed by atoms with Crippen molar-refractivity contribution in [1.29, 1.82) is 0 Å². The molecule has 0 saturated heterocycles. The van der Waals surface area contributed by atoms with Crippen LogP contribution in [0.1, 0.15) is 17.8 Å². The molecule has 0 unspecified atom stereocenters. The zero-order valence-corrected chi connectivity index (χ0v) is 12.9. The molecule has 0 saturated carbocycles. The third-order valence-electron chi connectivity index (χ3n) is 3.59. The van der Waals surface area contributed by atoms with Gasteiger partial charge in [-0.3, -0.25) is 4.68 Å². The van der Waals surface area contributed by atoms with E-state index in [2.05, 4.69) is 23.1 Å². The van der Waals surface area contributed by atoms with Crippen LogP contribution in [-0.2, 0) is 13.1 Å². The van der Waals surface area contributed by atoms with E-state index in [0.717, 1.165) is 36.2 Å². The van der Waals surface area contributed by atoms with Gasteiger partial charge in [0, 0.05) is 23.8 Å². The Balaban J connectivity index is 1.77. The number of hydrogen-bond donors (Lipinski definition) is 1. The second-order valence-corrected chi connectivity index (χ2v) is 5.69. The number of imidazole rings is 1. The number of nitrogens with zero attached hydrogens (tertiary/aromatic N) is 4. The molecular formula is C15H18ClN5. The lowest BCUT2D eigenvalue weighted by Gasteiger charge is -2.08. The highest BCUT2D eigenvalue weighted by Gasteiger charge is 2.09. The molecule has 3 aromatic rings. The van der Waals surface area contributed by atoms with E-state index < -0.39 is 0 Å². The first-order valence-electron chi connectivity index (χ1n) is 6.97. The van der Waals surface area contributed by atoms with Gasteiger partial charge >= 0.3 is 0 Å². The van der Waals surface area contributed by atoms with Crippen molar-refractivity contribution in [2.45, 2.75) is 33.4 Å². The Morgan fingerprint density at radius 1 is 1.19 bits per heavy atom. The molecule has 0 atom stereocenters. The van der Waals surface area contributed by atoms with Gasteiger partial charge in [-0.25, -0.2) is 4.98 Å². The van der Waals surface area contributed by atoms with Crippen molar-refractivity contribution >= 4 is 28.6 Å². The van der Waals surface area contributed by atoms with Crippen LogP contribution in [0.5, 0.6) is 0 Å². The van der Waals surface area contributed by atoms with Crippen LogP contribution < -0.4 is 5.73 Å². The highest BCUT2D eigenvalue weighted by Crippen LogP contribution is 2.22. The van der Waals surface area contributed by atoms with Gasteiger partial charge in [0.2, 0.25) is 5.95 Å². The van der Waals surface area contributed by atoms with Crippen LogP contribution in [0, 0.1) is 13.8 Å². The van der Waals surface area contributed by atoms with Gasteiger partial charge in [-0.2, -0.15) is 5.10 Å². The lowest BCUT2D eigenvalue weighted by molar-refractivity contribution is 0.523. The van der Waals surface area contributed by atoms with E-state index in [9.17, 15) is 0 Å². The Morgan fingerprint density at radius 3 is 2.71 bits per heavy atom. The Hall–Kier alpha value is -2.01. The monoisotopic (exact) mass is 303 g/mol. The first-order valence-corrected chi connectivity index (χ1v) is 7.35. The van der Waals surface area contributed by atoms with Gasteiger partial charge in [-0.05, 0) is 44.5 Å². The Morgan fingerprint density at radius 2 is 2.00 bits per heavy atom. The molecule has 0 aliphatic carbocycles. The van der Waals surface area contributed by atoms with Gasteiger partial charge < -0.3 is 10.3 Å². The zero-order chi connectivity index (χ0) is 15.0. The third-order valence-corrected chi connectivity index (χ3v) is 3.83. The van der Waals surface area contributed by atoms with Crippen molar-refractivity contribution in [2.24, 2.45) is 0 Å². The predicted octanol–water partition coefficient (Wildman–Crippen LogP) is 3.18. The van der Waals surface area contributed by atoms with Crippen LogP contribution in [-0.4, -0.2) is 19.3 Å². The number of hydrogen-bond acceptors (Lipinski definition) is 3. The van der Waals surface area contributed by atoms with E-state index in [1.165, 1.54) is 5.69 Å². The first-order chi connectivity index (χ1) is 10.0. The smallest absolute Gasteiger partial charge is 0.201 e. The molecule has 1 aromatic carbocycles. The molecular weight excluding hydrogens is 286 g/mol. The summed E-state index contributed by atoms with van der Waals surface area (Å²) in [7, 11) is 0. The van der Waals surface area contributed by atoms with Crippen LogP contribution in [0.2, 0.25) is 5.02 Å². The van der Waals surface area contributed by atoms with Crippen molar-refractivity contribution in [3.8, 4) is 0 Å². The molecule has 0 spiro atoms. The number of nitrogen functional groups attached to an aromatic ring is 1. The van der Waals surface area contributed by atoms with Gasteiger partial charge in [-0.15, -0.1) is 0 Å². The maximum atomic E-state index is 6.06. The molecule has 110 valence electrons. The summed E-state index contributed by atoms with van der Waals surface area (Å²) in [6, 6.07) is 7.71. The summed E-state index contributed by atoms with van der Waals surface area (Å²) in [5.74, 6) is 0.528. The minimum absolute atomic E-state index is 0.528. The number of rotatable bonds is 4. The van der Waals surface area contributed by atoms with E-state index >= 15 is 0 Å². The largest absolute Gasteiger partial charge is 0.369 e. The molecule has 2 heterocycles. The highest BCUT2D eigenvalue weighted by atomic mass is 35.5. The molecule has 2 aromatic heterocycles. The van der Waals surface area contributed by atoms with E-state index in [-0.39, 0.29) is 0 Å². The standard InChI is InChI=1S/C15H18ClN5/c1-10-8-11(2)21(19-10)7-3-6-20-14-9-12(16)4-5-13(14)18-15(20)17/h4-5,8-9H,3,6-7H2,1-2H3,(H2,17,18). The van der Waals surface area contributed by atoms with Crippen LogP contribution >= 0.6 is 11.6 Å². The Labute approximate surface area is 128 Å². The van der Waals surface area contributed by atoms with E-state index in [4.69, 9.17) is 17.3 Å². The van der Waals surface area contributed by atoms with Gasteiger partial charge in [0.15, 0.2) is 0 Å². The molecule has 6 heteroatoms. The van der Waals surface area contributed by atoms with Gasteiger partial charge in [0.25, 0.3) is 0 Å². The van der Waals surface area contributed by atoms with Crippen LogP contribution in [0.4, 0.5) is 5.95 Å². The molecule has 0 amide bonds. The second-order valence-electron chi connectivity index (χ2n) is 5.26. The minimum Gasteiger partial charge on any atom is -0.369 e. The van der Waals surface area contributed by atoms with Crippen molar-refractivity contribution in [2.75, 3.05) is 5.73 Å². The SMILES string of the molecule is Cc1cc(C)n(CCCn2c(N)nc3ccc(Cl)cc32)n1.